The Morgan fingerprint density at radius 3 is 2.52 bits per heavy atom. The molecule has 1 aromatic carbocycles. The number of nitrogens with one attached hydrogen (secondary N) is 1. The Balaban J connectivity index is 1.66. The maximum Gasteiger partial charge on any atom is 0.312 e. The number of amides is 1. The van der Waals surface area contributed by atoms with Crippen LogP contribution in [0.4, 0.5) is 5.69 Å². The van der Waals surface area contributed by atoms with Crippen LogP contribution in [0.1, 0.15) is 36.2 Å². The minimum absolute atomic E-state index is 0.00855. The Bertz CT molecular complexity index is 794. The molecule has 1 aliphatic carbocycles. The van der Waals surface area contributed by atoms with Gasteiger partial charge in [-0.05, 0) is 32.3 Å². The van der Waals surface area contributed by atoms with Crippen molar-refractivity contribution >= 4 is 11.6 Å². The first-order valence-electron chi connectivity index (χ1n) is 8.43. The van der Waals surface area contributed by atoms with Gasteiger partial charge in [-0.25, -0.2) is 0 Å². The third-order valence-electron chi connectivity index (χ3n) is 5.14. The van der Waals surface area contributed by atoms with Crippen molar-refractivity contribution in [1.29, 1.82) is 0 Å². The molecule has 1 fully saturated rings. The van der Waals surface area contributed by atoms with Crippen LogP contribution >= 0.6 is 0 Å². The summed E-state index contributed by atoms with van der Waals surface area (Å²) in [5.41, 5.74) is 1.97. The number of rotatable bonds is 6. The molecule has 2 aromatic rings. The van der Waals surface area contributed by atoms with E-state index in [-0.39, 0.29) is 23.6 Å². The van der Waals surface area contributed by atoms with Gasteiger partial charge in [0, 0.05) is 12.0 Å². The van der Waals surface area contributed by atoms with Gasteiger partial charge >= 0.3 is 5.69 Å². The summed E-state index contributed by atoms with van der Waals surface area (Å²) in [6.07, 6.45) is 3.28. The fourth-order valence-corrected chi connectivity index (χ4v) is 3.53. The molecule has 3 rings (SSSR count). The minimum atomic E-state index is -0.454. The van der Waals surface area contributed by atoms with Gasteiger partial charge in [0.05, 0.1) is 4.92 Å². The van der Waals surface area contributed by atoms with Crippen LogP contribution in [0.25, 0.3) is 0 Å². The molecule has 1 heterocycles. The maximum atomic E-state index is 12.3. The lowest BCUT2D eigenvalue weighted by Crippen LogP contribution is -2.46. The zero-order valence-corrected chi connectivity index (χ0v) is 14.5. The predicted octanol–water partition coefficient (Wildman–Crippen LogP) is 2.65. The van der Waals surface area contributed by atoms with E-state index < -0.39 is 4.92 Å². The molecule has 0 saturated heterocycles. The molecule has 1 amide bonds. The Morgan fingerprint density at radius 1 is 1.32 bits per heavy atom. The van der Waals surface area contributed by atoms with Gasteiger partial charge in [0.15, 0.2) is 0 Å². The highest BCUT2D eigenvalue weighted by Gasteiger charge is 2.38. The van der Waals surface area contributed by atoms with Crippen molar-refractivity contribution in [3.05, 3.63) is 57.4 Å². The molecular weight excluding hydrogens is 320 g/mol. The second-order valence-electron chi connectivity index (χ2n) is 6.71. The van der Waals surface area contributed by atoms with Crippen LogP contribution in [0.2, 0.25) is 0 Å². The van der Waals surface area contributed by atoms with Crippen LogP contribution in [0.3, 0.4) is 0 Å². The highest BCUT2D eigenvalue weighted by Crippen LogP contribution is 2.43. The van der Waals surface area contributed by atoms with Gasteiger partial charge in [0.1, 0.15) is 17.9 Å². The second kappa shape index (κ2) is 6.66. The standard InChI is InChI=1S/C18H22N4O3/c1-13-17(22(24)25)14(2)21(20-13)11-16(23)19-12-18(9-6-10-18)15-7-4-3-5-8-15/h3-5,7-8H,6,9-12H2,1-2H3,(H,19,23). The van der Waals surface area contributed by atoms with Gasteiger partial charge in [-0.1, -0.05) is 36.8 Å². The molecule has 7 nitrogen and oxygen atoms in total. The average Bonchev–Trinajstić information content (AvgIpc) is 2.81. The fourth-order valence-electron chi connectivity index (χ4n) is 3.53. The zero-order chi connectivity index (χ0) is 18.0. The topological polar surface area (TPSA) is 90.1 Å². The summed E-state index contributed by atoms with van der Waals surface area (Å²) in [6, 6.07) is 10.2. The van der Waals surface area contributed by atoms with E-state index in [9.17, 15) is 14.9 Å². The van der Waals surface area contributed by atoms with Crippen LogP contribution < -0.4 is 5.32 Å². The van der Waals surface area contributed by atoms with Gasteiger partial charge in [0.2, 0.25) is 5.91 Å². The summed E-state index contributed by atoms with van der Waals surface area (Å²) in [5.74, 6) is -0.178. The van der Waals surface area contributed by atoms with E-state index in [4.69, 9.17) is 0 Å². The van der Waals surface area contributed by atoms with Crippen molar-refractivity contribution in [1.82, 2.24) is 15.1 Å². The molecular formula is C18H22N4O3. The smallest absolute Gasteiger partial charge is 0.312 e. The molecule has 1 saturated carbocycles. The van der Waals surface area contributed by atoms with E-state index in [1.807, 2.05) is 18.2 Å². The first-order valence-corrected chi connectivity index (χ1v) is 8.43. The summed E-state index contributed by atoms with van der Waals surface area (Å²) in [5, 5.41) is 18.2. The molecule has 1 N–H and O–H groups in total. The van der Waals surface area contributed by atoms with E-state index in [0.29, 0.717) is 17.9 Å². The Kier molecular flexibility index (Phi) is 4.57. The van der Waals surface area contributed by atoms with Crippen LogP contribution in [0.15, 0.2) is 30.3 Å². The number of hydrogen-bond acceptors (Lipinski definition) is 4. The number of carbonyl (C=O) groups is 1. The van der Waals surface area contributed by atoms with Gasteiger partial charge < -0.3 is 5.32 Å². The van der Waals surface area contributed by atoms with E-state index >= 15 is 0 Å². The highest BCUT2D eigenvalue weighted by molar-refractivity contribution is 5.76. The van der Waals surface area contributed by atoms with Crippen LogP contribution in [-0.2, 0) is 16.8 Å². The molecule has 1 aliphatic rings. The lowest BCUT2D eigenvalue weighted by Gasteiger charge is -2.42. The minimum Gasteiger partial charge on any atom is -0.354 e. The highest BCUT2D eigenvalue weighted by atomic mass is 16.6. The largest absolute Gasteiger partial charge is 0.354 e. The number of nitrogens with zero attached hydrogens (tertiary/aromatic N) is 3. The van der Waals surface area contributed by atoms with Crippen LogP contribution in [0.5, 0.6) is 0 Å². The molecule has 0 radical (unpaired) electrons. The number of carbonyl (C=O) groups excluding carboxylic acids is 1. The van der Waals surface area contributed by atoms with Crippen molar-refractivity contribution in [3.8, 4) is 0 Å². The Hall–Kier alpha value is -2.70. The van der Waals surface area contributed by atoms with Crippen LogP contribution in [-0.4, -0.2) is 27.2 Å². The van der Waals surface area contributed by atoms with Crippen LogP contribution in [0, 0.1) is 24.0 Å². The maximum absolute atomic E-state index is 12.3. The number of aromatic nitrogens is 2. The quantitative estimate of drug-likeness (QED) is 0.645. The van der Waals surface area contributed by atoms with Gasteiger partial charge in [-0.3, -0.25) is 19.6 Å². The first-order chi connectivity index (χ1) is 11.9. The number of benzene rings is 1. The van der Waals surface area contributed by atoms with Gasteiger partial charge in [-0.15, -0.1) is 0 Å². The third kappa shape index (κ3) is 3.26. The molecule has 0 unspecified atom stereocenters. The van der Waals surface area contributed by atoms with E-state index in [1.165, 1.54) is 10.2 Å². The van der Waals surface area contributed by atoms with E-state index in [2.05, 4.69) is 22.5 Å². The van der Waals surface area contributed by atoms with E-state index in [1.54, 1.807) is 13.8 Å². The average molecular weight is 342 g/mol. The number of nitro groups is 1. The lowest BCUT2D eigenvalue weighted by atomic mass is 9.64. The van der Waals surface area contributed by atoms with Crippen molar-refractivity contribution in [2.75, 3.05) is 6.54 Å². The molecule has 132 valence electrons. The molecule has 7 heteroatoms. The summed E-state index contributed by atoms with van der Waals surface area (Å²) >= 11 is 0. The Morgan fingerprint density at radius 2 is 2.00 bits per heavy atom. The van der Waals surface area contributed by atoms with Gasteiger partial charge in [-0.2, -0.15) is 5.10 Å². The molecule has 0 aliphatic heterocycles. The predicted molar refractivity (Wildman–Crippen MR) is 93.3 cm³/mol. The molecule has 25 heavy (non-hydrogen) atoms. The summed E-state index contributed by atoms with van der Waals surface area (Å²) in [6.45, 7) is 3.77. The number of hydrogen-bond donors (Lipinski definition) is 1. The summed E-state index contributed by atoms with van der Waals surface area (Å²) in [7, 11) is 0. The van der Waals surface area contributed by atoms with E-state index in [0.717, 1.165) is 19.3 Å². The number of aryl methyl sites for hydroxylation is 1. The normalized spacial score (nSPS) is 15.4. The summed E-state index contributed by atoms with van der Waals surface area (Å²) in [4.78, 5) is 22.9. The Labute approximate surface area is 146 Å². The first kappa shape index (κ1) is 17.1. The van der Waals surface area contributed by atoms with Crippen molar-refractivity contribution in [3.63, 3.8) is 0 Å². The van der Waals surface area contributed by atoms with Gasteiger partial charge in [0.25, 0.3) is 0 Å². The summed E-state index contributed by atoms with van der Waals surface area (Å²) < 4.78 is 1.40. The van der Waals surface area contributed by atoms with Crippen molar-refractivity contribution in [2.45, 2.75) is 45.1 Å². The third-order valence-corrected chi connectivity index (χ3v) is 5.14. The van der Waals surface area contributed by atoms with Crippen molar-refractivity contribution in [2.24, 2.45) is 0 Å². The molecule has 0 spiro atoms. The SMILES string of the molecule is Cc1nn(CC(=O)NCC2(c3ccccc3)CCC2)c(C)c1[N+](=O)[O-]. The monoisotopic (exact) mass is 342 g/mol. The molecule has 1 aromatic heterocycles. The second-order valence-corrected chi connectivity index (χ2v) is 6.71. The molecule has 0 bridgehead atoms. The van der Waals surface area contributed by atoms with Crippen molar-refractivity contribution < 1.29 is 9.72 Å². The zero-order valence-electron chi connectivity index (χ0n) is 14.5. The fraction of sp³-hybridized carbons (Fsp3) is 0.444. The lowest BCUT2D eigenvalue weighted by molar-refractivity contribution is -0.386. The molecule has 0 atom stereocenters.